The van der Waals surface area contributed by atoms with E-state index < -0.39 is 0 Å². The molecule has 0 amide bonds. The van der Waals surface area contributed by atoms with Crippen LogP contribution in [0.2, 0.25) is 0 Å². The van der Waals surface area contributed by atoms with Crippen molar-refractivity contribution in [2.45, 2.75) is 40.0 Å². The molecule has 23 heavy (non-hydrogen) atoms. The highest BCUT2D eigenvalue weighted by molar-refractivity contribution is 14.0. The fourth-order valence-corrected chi connectivity index (χ4v) is 2.65. The van der Waals surface area contributed by atoms with Crippen LogP contribution in [0.25, 0.3) is 10.9 Å². The molecule has 0 bridgehead atoms. The first-order valence-corrected chi connectivity index (χ1v) is 8.34. The van der Waals surface area contributed by atoms with Crippen molar-refractivity contribution in [2.75, 3.05) is 19.6 Å². The molecule has 0 spiro atoms. The molecule has 0 atom stereocenters. The number of unbranched alkanes of at least 4 members (excludes halogenated alkanes) is 1. The van der Waals surface area contributed by atoms with E-state index in [1.165, 1.54) is 28.6 Å². The Bertz CT molecular complexity index is 619. The average Bonchev–Trinajstić information content (AvgIpc) is 2.83. The smallest absolute Gasteiger partial charge is 0.191 e. The normalized spacial score (nSPS) is 11.3. The summed E-state index contributed by atoms with van der Waals surface area (Å²) >= 11 is 0. The minimum absolute atomic E-state index is 0. The van der Waals surface area contributed by atoms with Crippen molar-refractivity contribution in [1.29, 1.82) is 0 Å². The number of hydrogen-bond acceptors (Lipinski definition) is 1. The van der Waals surface area contributed by atoms with Gasteiger partial charge in [0.25, 0.3) is 0 Å². The van der Waals surface area contributed by atoms with Crippen LogP contribution in [-0.4, -0.2) is 30.6 Å². The molecule has 1 aromatic carbocycles. The molecule has 4 nitrogen and oxygen atoms in total. The highest BCUT2D eigenvalue weighted by Crippen LogP contribution is 2.21. The molecule has 2 rings (SSSR count). The van der Waals surface area contributed by atoms with Crippen LogP contribution in [0.1, 0.15) is 37.9 Å². The summed E-state index contributed by atoms with van der Waals surface area (Å²) in [5, 5.41) is 8.07. The Morgan fingerprint density at radius 2 is 1.96 bits per heavy atom. The maximum atomic E-state index is 4.59. The van der Waals surface area contributed by atoms with Crippen LogP contribution in [0.5, 0.6) is 0 Å². The van der Waals surface area contributed by atoms with Crippen molar-refractivity contribution < 1.29 is 0 Å². The summed E-state index contributed by atoms with van der Waals surface area (Å²) in [6.07, 6.45) is 3.31. The van der Waals surface area contributed by atoms with Crippen LogP contribution >= 0.6 is 24.0 Å². The molecule has 0 aliphatic rings. The Morgan fingerprint density at radius 3 is 2.70 bits per heavy atom. The number of aromatic amines is 1. The van der Waals surface area contributed by atoms with Crippen molar-refractivity contribution in [2.24, 2.45) is 4.99 Å². The van der Waals surface area contributed by atoms with Crippen molar-refractivity contribution in [1.82, 2.24) is 15.6 Å². The van der Waals surface area contributed by atoms with E-state index in [0.717, 1.165) is 38.4 Å². The van der Waals surface area contributed by atoms with Crippen LogP contribution in [-0.2, 0) is 6.42 Å². The summed E-state index contributed by atoms with van der Waals surface area (Å²) < 4.78 is 0. The number of halogens is 1. The number of rotatable bonds is 7. The molecule has 0 radical (unpaired) electrons. The molecule has 0 aliphatic carbocycles. The summed E-state index contributed by atoms with van der Waals surface area (Å²) in [6.45, 7) is 9.11. The van der Waals surface area contributed by atoms with Gasteiger partial charge in [-0.1, -0.05) is 31.5 Å². The molecular weight excluding hydrogens is 399 g/mol. The maximum Gasteiger partial charge on any atom is 0.191 e. The van der Waals surface area contributed by atoms with E-state index in [-0.39, 0.29) is 24.0 Å². The molecule has 0 fully saturated rings. The second-order valence-electron chi connectivity index (χ2n) is 5.57. The number of aliphatic imine (C=N–C) groups is 1. The van der Waals surface area contributed by atoms with E-state index in [1.807, 2.05) is 0 Å². The van der Waals surface area contributed by atoms with Crippen LogP contribution in [0.15, 0.2) is 29.3 Å². The molecule has 0 unspecified atom stereocenters. The van der Waals surface area contributed by atoms with E-state index in [1.54, 1.807) is 0 Å². The Kier molecular flexibility index (Phi) is 9.06. The molecule has 5 heteroatoms. The first kappa shape index (κ1) is 19.8. The van der Waals surface area contributed by atoms with Gasteiger partial charge in [0.05, 0.1) is 0 Å². The predicted octanol–water partition coefficient (Wildman–Crippen LogP) is 3.99. The van der Waals surface area contributed by atoms with Crippen LogP contribution in [0.3, 0.4) is 0 Å². The summed E-state index contributed by atoms with van der Waals surface area (Å²) in [5.41, 5.74) is 3.88. The second-order valence-corrected chi connectivity index (χ2v) is 5.57. The number of benzene rings is 1. The lowest BCUT2D eigenvalue weighted by Gasteiger charge is -2.11. The number of aromatic nitrogens is 1. The lowest BCUT2D eigenvalue weighted by atomic mass is 10.1. The van der Waals surface area contributed by atoms with Gasteiger partial charge in [-0.15, -0.1) is 24.0 Å². The van der Waals surface area contributed by atoms with Crippen molar-refractivity contribution in [3.8, 4) is 0 Å². The van der Waals surface area contributed by atoms with Gasteiger partial charge in [-0.05, 0) is 38.3 Å². The third-order valence-corrected chi connectivity index (χ3v) is 3.82. The SMILES string of the molecule is CCCCN=C(NCC)NCCc1c(C)[nH]c2ccccc12.I. The first-order valence-electron chi connectivity index (χ1n) is 8.34. The number of fused-ring (bicyclic) bond motifs is 1. The summed E-state index contributed by atoms with van der Waals surface area (Å²) in [6, 6.07) is 8.50. The minimum atomic E-state index is 0. The van der Waals surface area contributed by atoms with Gasteiger partial charge >= 0.3 is 0 Å². The topological polar surface area (TPSA) is 52.2 Å². The Morgan fingerprint density at radius 1 is 1.17 bits per heavy atom. The maximum absolute atomic E-state index is 4.59. The molecule has 3 N–H and O–H groups in total. The highest BCUT2D eigenvalue weighted by Gasteiger charge is 2.07. The third-order valence-electron chi connectivity index (χ3n) is 3.82. The fourth-order valence-electron chi connectivity index (χ4n) is 2.65. The summed E-state index contributed by atoms with van der Waals surface area (Å²) in [4.78, 5) is 8.05. The van der Waals surface area contributed by atoms with Gasteiger partial charge < -0.3 is 15.6 Å². The van der Waals surface area contributed by atoms with Gasteiger partial charge in [-0.25, -0.2) is 0 Å². The number of guanidine groups is 1. The third kappa shape index (κ3) is 5.71. The van der Waals surface area contributed by atoms with E-state index in [9.17, 15) is 0 Å². The number of hydrogen-bond donors (Lipinski definition) is 3. The average molecular weight is 428 g/mol. The predicted molar refractivity (Wildman–Crippen MR) is 111 cm³/mol. The Balaban J connectivity index is 0.00000264. The van der Waals surface area contributed by atoms with Gasteiger partial charge in [0, 0.05) is 36.2 Å². The molecule has 1 aromatic heterocycles. The summed E-state index contributed by atoms with van der Waals surface area (Å²) in [7, 11) is 0. The second kappa shape index (κ2) is 10.5. The quantitative estimate of drug-likeness (QED) is 0.270. The molecule has 1 heterocycles. The molecule has 0 aliphatic heterocycles. The molecular formula is C18H29IN4. The molecule has 0 saturated carbocycles. The molecule has 128 valence electrons. The highest BCUT2D eigenvalue weighted by atomic mass is 127. The zero-order valence-corrected chi connectivity index (χ0v) is 16.7. The van der Waals surface area contributed by atoms with Crippen LogP contribution in [0, 0.1) is 6.92 Å². The fraction of sp³-hybridized carbons (Fsp3) is 0.500. The standard InChI is InChI=1S/C18H28N4.HI/c1-4-6-12-20-18(19-5-2)21-13-11-15-14(3)22-17-10-8-7-9-16(15)17;/h7-10,22H,4-6,11-13H2,1-3H3,(H2,19,20,21);1H. The monoisotopic (exact) mass is 428 g/mol. The minimum Gasteiger partial charge on any atom is -0.358 e. The van der Waals surface area contributed by atoms with Crippen molar-refractivity contribution >= 4 is 40.8 Å². The number of nitrogens with one attached hydrogen (secondary N) is 3. The lowest BCUT2D eigenvalue weighted by molar-refractivity contribution is 0.767. The van der Waals surface area contributed by atoms with Crippen LogP contribution < -0.4 is 10.6 Å². The summed E-state index contributed by atoms with van der Waals surface area (Å²) in [5.74, 6) is 0.924. The van der Waals surface area contributed by atoms with Gasteiger partial charge in [-0.2, -0.15) is 0 Å². The Labute approximate surface area is 156 Å². The lowest BCUT2D eigenvalue weighted by Crippen LogP contribution is -2.38. The van der Waals surface area contributed by atoms with Gasteiger partial charge in [0.15, 0.2) is 5.96 Å². The zero-order chi connectivity index (χ0) is 15.8. The van der Waals surface area contributed by atoms with Gasteiger partial charge in [-0.3, -0.25) is 4.99 Å². The number of aryl methyl sites for hydroxylation is 1. The van der Waals surface area contributed by atoms with Gasteiger partial charge in [0.1, 0.15) is 0 Å². The molecule has 0 saturated heterocycles. The van der Waals surface area contributed by atoms with Gasteiger partial charge in [0.2, 0.25) is 0 Å². The van der Waals surface area contributed by atoms with E-state index in [0.29, 0.717) is 0 Å². The van der Waals surface area contributed by atoms with Crippen molar-refractivity contribution in [3.05, 3.63) is 35.5 Å². The Hall–Kier alpha value is -1.24. The number of para-hydroxylation sites is 1. The number of nitrogens with zero attached hydrogens (tertiary/aromatic N) is 1. The van der Waals surface area contributed by atoms with E-state index in [2.05, 4.69) is 65.6 Å². The largest absolute Gasteiger partial charge is 0.358 e. The molecule has 2 aromatic rings. The van der Waals surface area contributed by atoms with E-state index >= 15 is 0 Å². The van der Waals surface area contributed by atoms with Crippen molar-refractivity contribution in [3.63, 3.8) is 0 Å². The zero-order valence-electron chi connectivity index (χ0n) is 14.4. The van der Waals surface area contributed by atoms with Crippen LogP contribution in [0.4, 0.5) is 0 Å². The first-order chi connectivity index (χ1) is 10.8. The van der Waals surface area contributed by atoms with E-state index in [4.69, 9.17) is 0 Å². The number of H-pyrrole nitrogens is 1.